The molecular formula is C25H21NO4. The first-order valence-electron chi connectivity index (χ1n) is 9.69. The van der Waals surface area contributed by atoms with Gasteiger partial charge in [-0.2, -0.15) is 0 Å². The molecule has 0 bridgehead atoms. The van der Waals surface area contributed by atoms with E-state index in [4.69, 9.17) is 4.74 Å². The second-order valence-electron chi connectivity index (χ2n) is 7.02. The van der Waals surface area contributed by atoms with Crippen LogP contribution in [0.3, 0.4) is 0 Å². The zero-order valence-electron chi connectivity index (χ0n) is 16.4. The molecule has 0 atom stereocenters. The number of hydrogen-bond donors (Lipinski definition) is 2. The number of carbonyl (C=O) groups excluding carboxylic acids is 2. The molecule has 5 heteroatoms. The SMILES string of the molecule is C=CCOCCc1ccc(Nc2ccc(O)c3c2C(=O)c2ccccc2C3=O)cc1. The Labute approximate surface area is 174 Å². The summed E-state index contributed by atoms with van der Waals surface area (Å²) in [6.07, 6.45) is 2.50. The number of phenols is 1. The van der Waals surface area contributed by atoms with E-state index >= 15 is 0 Å². The molecule has 0 unspecified atom stereocenters. The van der Waals surface area contributed by atoms with Gasteiger partial charge >= 0.3 is 0 Å². The summed E-state index contributed by atoms with van der Waals surface area (Å²) in [4.78, 5) is 26.0. The van der Waals surface area contributed by atoms with E-state index in [1.54, 1.807) is 36.4 Å². The van der Waals surface area contributed by atoms with Crippen molar-refractivity contribution in [2.45, 2.75) is 6.42 Å². The molecule has 0 aliphatic heterocycles. The number of fused-ring (bicyclic) bond motifs is 2. The van der Waals surface area contributed by atoms with Crippen molar-refractivity contribution in [2.24, 2.45) is 0 Å². The summed E-state index contributed by atoms with van der Waals surface area (Å²) in [6.45, 7) is 4.76. The van der Waals surface area contributed by atoms with Gasteiger partial charge in [0.05, 0.1) is 30.0 Å². The summed E-state index contributed by atoms with van der Waals surface area (Å²) in [5.41, 5.74) is 3.28. The van der Waals surface area contributed by atoms with Crippen LogP contribution in [0.5, 0.6) is 5.75 Å². The van der Waals surface area contributed by atoms with E-state index in [-0.39, 0.29) is 28.4 Å². The number of hydrogen-bond acceptors (Lipinski definition) is 5. The van der Waals surface area contributed by atoms with E-state index in [0.717, 1.165) is 17.7 Å². The summed E-state index contributed by atoms with van der Waals surface area (Å²) in [6, 6.07) is 17.5. The first kappa shape index (κ1) is 19.6. The Morgan fingerprint density at radius 1 is 0.900 bits per heavy atom. The molecule has 1 aliphatic rings. The second kappa shape index (κ2) is 8.35. The highest BCUT2D eigenvalue weighted by molar-refractivity contribution is 6.31. The summed E-state index contributed by atoms with van der Waals surface area (Å²) >= 11 is 0. The summed E-state index contributed by atoms with van der Waals surface area (Å²) < 4.78 is 5.41. The minimum absolute atomic E-state index is 0.0414. The van der Waals surface area contributed by atoms with Crippen molar-refractivity contribution in [1.82, 2.24) is 0 Å². The number of rotatable bonds is 7. The van der Waals surface area contributed by atoms with Crippen molar-refractivity contribution in [3.8, 4) is 5.75 Å². The van der Waals surface area contributed by atoms with Crippen molar-refractivity contribution in [3.05, 3.63) is 101 Å². The van der Waals surface area contributed by atoms with Gasteiger partial charge in [0.1, 0.15) is 5.75 Å². The smallest absolute Gasteiger partial charge is 0.198 e. The Morgan fingerprint density at radius 2 is 1.57 bits per heavy atom. The molecule has 3 aromatic carbocycles. The predicted molar refractivity (Wildman–Crippen MR) is 116 cm³/mol. The largest absolute Gasteiger partial charge is 0.507 e. The standard InChI is InChI=1S/C25H21NO4/c1-2-14-30-15-13-16-7-9-17(10-8-16)26-20-11-12-21(27)23-22(20)24(28)18-5-3-4-6-19(18)25(23)29/h2-12,26-27H,1,13-15H2. The highest BCUT2D eigenvalue weighted by atomic mass is 16.5. The van der Waals surface area contributed by atoms with E-state index < -0.39 is 0 Å². The molecule has 0 aromatic heterocycles. The highest BCUT2D eigenvalue weighted by Gasteiger charge is 2.33. The fourth-order valence-corrected chi connectivity index (χ4v) is 3.58. The van der Waals surface area contributed by atoms with Gasteiger partial charge in [-0.3, -0.25) is 9.59 Å². The number of carbonyl (C=O) groups is 2. The third-order valence-corrected chi connectivity index (χ3v) is 5.06. The van der Waals surface area contributed by atoms with Crippen LogP contribution in [-0.2, 0) is 11.2 Å². The van der Waals surface area contributed by atoms with Crippen LogP contribution in [0.2, 0.25) is 0 Å². The maximum absolute atomic E-state index is 13.1. The number of phenolic OH excluding ortho intramolecular Hbond substituents is 1. The van der Waals surface area contributed by atoms with E-state index in [1.165, 1.54) is 6.07 Å². The highest BCUT2D eigenvalue weighted by Crippen LogP contribution is 2.37. The number of ether oxygens (including phenoxy) is 1. The fraction of sp³-hybridized carbons (Fsp3) is 0.120. The maximum Gasteiger partial charge on any atom is 0.198 e. The summed E-state index contributed by atoms with van der Waals surface area (Å²) in [7, 11) is 0. The molecular weight excluding hydrogens is 378 g/mol. The molecule has 0 saturated heterocycles. The molecule has 4 rings (SSSR count). The minimum atomic E-state index is -0.351. The summed E-state index contributed by atoms with van der Waals surface area (Å²) in [5, 5.41) is 13.5. The Bertz CT molecular complexity index is 1130. The van der Waals surface area contributed by atoms with Crippen LogP contribution in [0.15, 0.2) is 73.3 Å². The molecule has 30 heavy (non-hydrogen) atoms. The minimum Gasteiger partial charge on any atom is -0.507 e. The van der Waals surface area contributed by atoms with Crippen molar-refractivity contribution in [1.29, 1.82) is 0 Å². The molecule has 1 aliphatic carbocycles. The van der Waals surface area contributed by atoms with Crippen molar-refractivity contribution in [2.75, 3.05) is 18.5 Å². The van der Waals surface area contributed by atoms with Crippen molar-refractivity contribution in [3.63, 3.8) is 0 Å². The van der Waals surface area contributed by atoms with Gasteiger partial charge in [0.15, 0.2) is 11.6 Å². The molecule has 5 nitrogen and oxygen atoms in total. The van der Waals surface area contributed by atoms with Gasteiger partial charge in [-0.05, 0) is 36.2 Å². The topological polar surface area (TPSA) is 75.6 Å². The zero-order chi connectivity index (χ0) is 21.1. The third kappa shape index (κ3) is 3.63. The van der Waals surface area contributed by atoms with E-state index in [9.17, 15) is 14.7 Å². The van der Waals surface area contributed by atoms with Gasteiger partial charge in [-0.1, -0.05) is 42.5 Å². The van der Waals surface area contributed by atoms with E-state index in [2.05, 4.69) is 11.9 Å². The van der Waals surface area contributed by atoms with E-state index in [0.29, 0.717) is 30.0 Å². The fourth-order valence-electron chi connectivity index (χ4n) is 3.58. The lowest BCUT2D eigenvalue weighted by Crippen LogP contribution is -2.22. The molecule has 0 fully saturated rings. The first-order valence-corrected chi connectivity index (χ1v) is 9.69. The van der Waals surface area contributed by atoms with Crippen molar-refractivity contribution < 1.29 is 19.4 Å². The van der Waals surface area contributed by atoms with Crippen LogP contribution in [0, 0.1) is 0 Å². The normalized spacial score (nSPS) is 12.3. The number of nitrogens with one attached hydrogen (secondary N) is 1. The van der Waals surface area contributed by atoms with Crippen LogP contribution >= 0.6 is 0 Å². The zero-order valence-corrected chi connectivity index (χ0v) is 16.4. The number of benzene rings is 3. The van der Waals surface area contributed by atoms with E-state index in [1.807, 2.05) is 24.3 Å². The van der Waals surface area contributed by atoms with Crippen LogP contribution in [0.25, 0.3) is 0 Å². The Kier molecular flexibility index (Phi) is 5.46. The Morgan fingerprint density at radius 3 is 2.23 bits per heavy atom. The van der Waals surface area contributed by atoms with Crippen LogP contribution < -0.4 is 5.32 Å². The Hall–Kier alpha value is -3.70. The average Bonchev–Trinajstić information content (AvgIpc) is 2.77. The molecule has 3 aromatic rings. The van der Waals surface area contributed by atoms with Gasteiger partial charge in [0.2, 0.25) is 0 Å². The molecule has 0 radical (unpaired) electrons. The molecule has 150 valence electrons. The predicted octanol–water partition coefficient (Wildman–Crippen LogP) is 4.66. The average molecular weight is 399 g/mol. The molecule has 0 saturated carbocycles. The molecule has 2 N–H and O–H groups in total. The van der Waals surface area contributed by atoms with Crippen LogP contribution in [0.1, 0.15) is 37.4 Å². The molecule has 0 heterocycles. The lowest BCUT2D eigenvalue weighted by Gasteiger charge is -2.21. The monoisotopic (exact) mass is 399 g/mol. The van der Waals surface area contributed by atoms with Gasteiger partial charge in [0, 0.05) is 16.8 Å². The van der Waals surface area contributed by atoms with Crippen molar-refractivity contribution >= 4 is 22.9 Å². The lowest BCUT2D eigenvalue weighted by molar-refractivity contribution is 0.0977. The third-order valence-electron chi connectivity index (χ3n) is 5.06. The van der Waals surface area contributed by atoms with Gasteiger partial charge < -0.3 is 15.2 Å². The first-order chi connectivity index (χ1) is 14.6. The second-order valence-corrected chi connectivity index (χ2v) is 7.02. The van der Waals surface area contributed by atoms with Gasteiger partial charge in [-0.25, -0.2) is 0 Å². The number of anilines is 2. The summed E-state index contributed by atoms with van der Waals surface area (Å²) in [5.74, 6) is -0.830. The van der Waals surface area contributed by atoms with Gasteiger partial charge in [-0.15, -0.1) is 6.58 Å². The molecule has 0 amide bonds. The van der Waals surface area contributed by atoms with Crippen LogP contribution in [-0.4, -0.2) is 29.9 Å². The van der Waals surface area contributed by atoms with Gasteiger partial charge in [0.25, 0.3) is 0 Å². The quantitative estimate of drug-likeness (QED) is 0.269. The number of aromatic hydroxyl groups is 1. The van der Waals surface area contributed by atoms with Crippen LogP contribution in [0.4, 0.5) is 11.4 Å². The number of ketones is 2. The maximum atomic E-state index is 13.1. The Balaban J connectivity index is 1.62. The lowest BCUT2D eigenvalue weighted by atomic mass is 9.82. The molecule has 0 spiro atoms.